The van der Waals surface area contributed by atoms with Crippen LogP contribution in [0, 0.1) is 0 Å². The van der Waals surface area contributed by atoms with E-state index in [4.69, 9.17) is 0 Å². The number of nitrogens with zero attached hydrogens (tertiary/aromatic N) is 1. The zero-order valence-electron chi connectivity index (χ0n) is 13.4. The summed E-state index contributed by atoms with van der Waals surface area (Å²) < 4.78 is 0. The third kappa shape index (κ3) is 3.96. The van der Waals surface area contributed by atoms with Gasteiger partial charge in [0.2, 0.25) is 0 Å². The van der Waals surface area contributed by atoms with Crippen molar-refractivity contribution < 1.29 is 4.79 Å². The van der Waals surface area contributed by atoms with Gasteiger partial charge in [0.1, 0.15) is 6.29 Å². The molecule has 2 heteroatoms. The van der Waals surface area contributed by atoms with Gasteiger partial charge in [-0.1, -0.05) is 66.2 Å². The summed E-state index contributed by atoms with van der Waals surface area (Å²) in [5.41, 5.74) is 5.52. The van der Waals surface area contributed by atoms with Gasteiger partial charge in [-0.3, -0.25) is 0 Å². The van der Waals surface area contributed by atoms with Gasteiger partial charge in [0.15, 0.2) is 0 Å². The molecular formula is C21H23NO. The van der Waals surface area contributed by atoms with Crippen LogP contribution in [-0.4, -0.2) is 30.8 Å². The minimum atomic E-state index is 0.642. The number of rotatable bonds is 5. The van der Waals surface area contributed by atoms with Crippen molar-refractivity contribution in [1.82, 2.24) is 4.90 Å². The quantitative estimate of drug-likeness (QED) is 0.773. The molecule has 0 radical (unpaired) electrons. The highest BCUT2D eigenvalue weighted by molar-refractivity contribution is 5.82. The highest BCUT2D eigenvalue weighted by Crippen LogP contribution is 2.32. The van der Waals surface area contributed by atoms with Crippen molar-refractivity contribution in [2.24, 2.45) is 0 Å². The van der Waals surface area contributed by atoms with E-state index in [1.807, 2.05) is 0 Å². The largest absolute Gasteiger partial charge is 0.303 e. The zero-order valence-corrected chi connectivity index (χ0v) is 13.4. The number of carbonyl (C=O) groups is 1. The molecule has 0 bridgehead atoms. The third-order valence-electron chi connectivity index (χ3n) is 4.50. The van der Waals surface area contributed by atoms with Crippen molar-refractivity contribution in [3.8, 4) is 0 Å². The van der Waals surface area contributed by atoms with Gasteiger partial charge in [-0.25, -0.2) is 0 Å². The molecule has 1 aliphatic rings. The Hall–Kier alpha value is -2.19. The van der Waals surface area contributed by atoms with Gasteiger partial charge in [0.25, 0.3) is 0 Å². The average Bonchev–Trinajstić information content (AvgIpc) is 2.63. The standard InChI is InChI=1S/C21H23NO/c23-17-7-14-22-15-12-20(13-16-22)21(18-8-3-1-4-9-18)19-10-5-2-6-11-19/h1-6,8-11,17H,7,12-16H2. The number of carbonyl (C=O) groups excluding carboxylic acids is 1. The van der Waals surface area contributed by atoms with Crippen LogP contribution < -0.4 is 0 Å². The van der Waals surface area contributed by atoms with E-state index >= 15 is 0 Å². The Bertz CT molecular complexity index is 609. The molecule has 2 aromatic carbocycles. The van der Waals surface area contributed by atoms with E-state index < -0.39 is 0 Å². The van der Waals surface area contributed by atoms with Crippen LogP contribution >= 0.6 is 0 Å². The molecular weight excluding hydrogens is 282 g/mol. The molecule has 1 fully saturated rings. The summed E-state index contributed by atoms with van der Waals surface area (Å²) in [5, 5.41) is 0. The Balaban J connectivity index is 1.89. The van der Waals surface area contributed by atoms with E-state index in [0.29, 0.717) is 6.42 Å². The predicted octanol–water partition coefficient (Wildman–Crippen LogP) is 4.17. The van der Waals surface area contributed by atoms with Gasteiger partial charge in [-0.05, 0) is 29.5 Å². The first-order valence-electron chi connectivity index (χ1n) is 8.37. The molecule has 0 aromatic heterocycles. The maximum atomic E-state index is 10.6. The van der Waals surface area contributed by atoms with Crippen LogP contribution in [0.1, 0.15) is 30.4 Å². The van der Waals surface area contributed by atoms with E-state index in [-0.39, 0.29) is 0 Å². The molecule has 0 spiro atoms. The molecule has 1 aliphatic heterocycles. The molecule has 0 atom stereocenters. The van der Waals surface area contributed by atoms with E-state index in [1.54, 1.807) is 0 Å². The van der Waals surface area contributed by atoms with Gasteiger partial charge in [0, 0.05) is 26.1 Å². The molecule has 1 heterocycles. The molecule has 0 saturated carbocycles. The first kappa shape index (κ1) is 15.7. The molecule has 3 rings (SSSR count). The molecule has 0 unspecified atom stereocenters. The molecule has 2 aromatic rings. The Morgan fingerprint density at radius 2 is 1.39 bits per heavy atom. The number of hydrogen-bond donors (Lipinski definition) is 0. The highest BCUT2D eigenvalue weighted by Gasteiger charge is 2.18. The minimum absolute atomic E-state index is 0.642. The molecule has 0 aliphatic carbocycles. The van der Waals surface area contributed by atoms with Crippen molar-refractivity contribution in [3.05, 3.63) is 77.4 Å². The Kier molecular flexibility index (Phi) is 5.38. The zero-order chi connectivity index (χ0) is 15.9. The SMILES string of the molecule is O=CCCN1CCC(=C(c2ccccc2)c2ccccc2)CC1. The predicted molar refractivity (Wildman–Crippen MR) is 95.3 cm³/mol. The lowest BCUT2D eigenvalue weighted by Gasteiger charge is -2.29. The van der Waals surface area contributed by atoms with Crippen molar-refractivity contribution in [1.29, 1.82) is 0 Å². The van der Waals surface area contributed by atoms with Crippen molar-refractivity contribution in [2.45, 2.75) is 19.3 Å². The summed E-state index contributed by atoms with van der Waals surface area (Å²) in [5.74, 6) is 0. The maximum Gasteiger partial charge on any atom is 0.121 e. The van der Waals surface area contributed by atoms with E-state index in [0.717, 1.165) is 38.8 Å². The Labute approximate surface area is 138 Å². The fourth-order valence-corrected chi connectivity index (χ4v) is 3.32. The van der Waals surface area contributed by atoms with Crippen LogP contribution in [0.2, 0.25) is 0 Å². The lowest BCUT2D eigenvalue weighted by Crippen LogP contribution is -2.32. The van der Waals surface area contributed by atoms with Crippen molar-refractivity contribution in [3.63, 3.8) is 0 Å². The molecule has 1 saturated heterocycles. The van der Waals surface area contributed by atoms with Gasteiger partial charge in [-0.2, -0.15) is 0 Å². The van der Waals surface area contributed by atoms with E-state index in [2.05, 4.69) is 65.6 Å². The van der Waals surface area contributed by atoms with Crippen molar-refractivity contribution >= 4 is 11.9 Å². The number of hydrogen-bond acceptors (Lipinski definition) is 2. The molecule has 0 N–H and O–H groups in total. The molecule has 23 heavy (non-hydrogen) atoms. The number of aldehydes is 1. The fraction of sp³-hybridized carbons (Fsp3) is 0.286. The summed E-state index contributed by atoms with van der Waals surface area (Å²) >= 11 is 0. The van der Waals surface area contributed by atoms with Crippen LogP contribution in [0.25, 0.3) is 5.57 Å². The number of benzene rings is 2. The summed E-state index contributed by atoms with van der Waals surface area (Å²) in [7, 11) is 0. The monoisotopic (exact) mass is 305 g/mol. The highest BCUT2D eigenvalue weighted by atomic mass is 16.1. The average molecular weight is 305 g/mol. The fourth-order valence-electron chi connectivity index (χ4n) is 3.32. The second-order valence-electron chi connectivity index (χ2n) is 6.01. The first-order chi connectivity index (χ1) is 11.4. The summed E-state index contributed by atoms with van der Waals surface area (Å²) in [6.45, 7) is 2.99. The second-order valence-corrected chi connectivity index (χ2v) is 6.01. The van der Waals surface area contributed by atoms with Crippen LogP contribution in [-0.2, 0) is 4.79 Å². The van der Waals surface area contributed by atoms with Gasteiger partial charge >= 0.3 is 0 Å². The van der Waals surface area contributed by atoms with E-state index in [1.165, 1.54) is 22.3 Å². The Morgan fingerprint density at radius 1 is 0.870 bits per heavy atom. The lowest BCUT2D eigenvalue weighted by molar-refractivity contribution is -0.108. The minimum Gasteiger partial charge on any atom is -0.303 e. The molecule has 118 valence electrons. The molecule has 2 nitrogen and oxygen atoms in total. The summed E-state index contributed by atoms with van der Waals surface area (Å²) in [6.07, 6.45) is 3.82. The third-order valence-corrected chi connectivity index (χ3v) is 4.50. The van der Waals surface area contributed by atoms with E-state index in [9.17, 15) is 4.79 Å². The molecule has 0 amide bonds. The van der Waals surface area contributed by atoms with Crippen LogP contribution in [0.15, 0.2) is 66.2 Å². The lowest BCUT2D eigenvalue weighted by atomic mass is 9.88. The van der Waals surface area contributed by atoms with Crippen molar-refractivity contribution in [2.75, 3.05) is 19.6 Å². The van der Waals surface area contributed by atoms with Crippen LogP contribution in [0.3, 0.4) is 0 Å². The second kappa shape index (κ2) is 7.89. The number of piperidine rings is 1. The van der Waals surface area contributed by atoms with Gasteiger partial charge in [0.05, 0.1) is 0 Å². The van der Waals surface area contributed by atoms with Gasteiger partial charge in [-0.15, -0.1) is 0 Å². The normalized spacial score (nSPS) is 15.4. The maximum absolute atomic E-state index is 10.6. The topological polar surface area (TPSA) is 20.3 Å². The van der Waals surface area contributed by atoms with Crippen LogP contribution in [0.5, 0.6) is 0 Å². The summed E-state index contributed by atoms with van der Waals surface area (Å²) in [4.78, 5) is 12.9. The summed E-state index contributed by atoms with van der Waals surface area (Å²) in [6, 6.07) is 21.4. The smallest absolute Gasteiger partial charge is 0.121 e. The Morgan fingerprint density at radius 3 is 1.87 bits per heavy atom. The number of likely N-dealkylation sites (tertiary alicyclic amines) is 1. The van der Waals surface area contributed by atoms with Crippen LogP contribution in [0.4, 0.5) is 0 Å². The van der Waals surface area contributed by atoms with Gasteiger partial charge < -0.3 is 9.69 Å². The first-order valence-corrected chi connectivity index (χ1v) is 8.37.